The Hall–Kier alpha value is -2.15. The number of anilines is 1. The average Bonchev–Trinajstić information content (AvgIpc) is 2.96. The van der Waals surface area contributed by atoms with Gasteiger partial charge in [0, 0.05) is 19.4 Å². The van der Waals surface area contributed by atoms with E-state index in [9.17, 15) is 8.78 Å². The number of methoxy groups -OCH3 is 2. The molecule has 0 aromatic heterocycles. The van der Waals surface area contributed by atoms with E-state index in [1.165, 1.54) is 81.5 Å². The van der Waals surface area contributed by atoms with Crippen LogP contribution in [0.25, 0.3) is 0 Å². The highest BCUT2D eigenvalue weighted by Crippen LogP contribution is 2.42. The fraction of sp³-hybridized carbons (Fsp3) is 0.618. The molecule has 7 heteroatoms. The third-order valence-electron chi connectivity index (χ3n) is 8.11. The van der Waals surface area contributed by atoms with E-state index < -0.39 is 11.6 Å². The molecule has 0 atom stereocenters. The van der Waals surface area contributed by atoms with E-state index in [-0.39, 0.29) is 29.1 Å². The number of nitrogens with zero attached hydrogens (tertiary/aromatic N) is 1. The largest absolute Gasteiger partial charge is 1.00 e. The van der Waals surface area contributed by atoms with E-state index in [4.69, 9.17) is 9.47 Å². The third kappa shape index (κ3) is 9.97. The van der Waals surface area contributed by atoms with Gasteiger partial charge in [-0.25, -0.2) is 13.4 Å². The zero-order valence-electron chi connectivity index (χ0n) is 25.7. The van der Waals surface area contributed by atoms with Crippen LogP contribution in [-0.4, -0.2) is 37.6 Å². The Kier molecular flexibility index (Phi) is 16.3. The molecule has 0 bridgehead atoms. The molecule has 0 radical (unpaired) electrons. The number of fused-ring (bicyclic) bond motifs is 1. The number of nitrogens with one attached hydrogen (secondary N) is 1. The van der Waals surface area contributed by atoms with Crippen LogP contribution in [0.4, 0.5) is 14.5 Å². The Morgan fingerprint density at radius 3 is 2.05 bits per heavy atom. The molecule has 0 unspecified atom stereocenters. The predicted molar refractivity (Wildman–Crippen MR) is 162 cm³/mol. The maximum absolute atomic E-state index is 14.7. The van der Waals surface area contributed by atoms with Gasteiger partial charge in [-0.15, -0.1) is 0 Å². The summed E-state index contributed by atoms with van der Waals surface area (Å²) < 4.78 is 43.2. The van der Waals surface area contributed by atoms with Gasteiger partial charge in [0.25, 0.3) is 0 Å². The SMILES string of the molecule is CCCCCCCCCNc1c2c(cc(OC)c1OC)C(CCCCCCC)=[N+](Cc1c(F)cccc1F)CC2.[Br-]. The average molecular weight is 638 g/mol. The first-order chi connectivity index (χ1) is 19.5. The van der Waals surface area contributed by atoms with Crippen molar-refractivity contribution >= 4 is 11.4 Å². The number of rotatable bonds is 19. The number of unbranched alkanes of at least 4 members (excludes halogenated alkanes) is 10. The standard InChI is InChI=1S/C34H51F2N2O2.BrH/c1-5-7-9-11-12-14-16-22-37-33-26-21-23-38(25-28-29(35)18-17-19-30(28)36)31(20-15-13-10-8-6-2)27(26)24-32(39-3)34(33)40-4;/h17-19,24,37H,5-16,20-23,25H2,1-4H3;1H/q+1;/p-1. The van der Waals surface area contributed by atoms with Crippen LogP contribution in [0.15, 0.2) is 24.3 Å². The van der Waals surface area contributed by atoms with E-state index in [0.29, 0.717) is 12.3 Å². The highest BCUT2D eigenvalue weighted by Gasteiger charge is 2.32. The summed E-state index contributed by atoms with van der Waals surface area (Å²) in [5, 5.41) is 3.70. The summed E-state index contributed by atoms with van der Waals surface area (Å²) in [7, 11) is 3.36. The highest BCUT2D eigenvalue weighted by molar-refractivity contribution is 6.01. The molecule has 0 fully saturated rings. The number of halogens is 3. The quantitative estimate of drug-likeness (QED) is 0.150. The summed E-state index contributed by atoms with van der Waals surface area (Å²) in [6.07, 6.45) is 16.3. The molecule has 0 saturated heterocycles. The molecule has 1 heterocycles. The molecule has 2 aromatic carbocycles. The Morgan fingerprint density at radius 2 is 1.44 bits per heavy atom. The molecule has 1 N–H and O–H groups in total. The number of ether oxygens (including phenoxy) is 2. The second-order valence-electron chi connectivity index (χ2n) is 11.0. The molecular weight excluding hydrogens is 586 g/mol. The Labute approximate surface area is 257 Å². The minimum absolute atomic E-state index is 0. The Morgan fingerprint density at radius 1 is 0.829 bits per heavy atom. The van der Waals surface area contributed by atoms with Crippen molar-refractivity contribution in [3.63, 3.8) is 0 Å². The van der Waals surface area contributed by atoms with Crippen molar-refractivity contribution in [1.82, 2.24) is 0 Å². The van der Waals surface area contributed by atoms with Gasteiger partial charge >= 0.3 is 0 Å². The summed E-state index contributed by atoms with van der Waals surface area (Å²) in [5.41, 5.74) is 4.60. The van der Waals surface area contributed by atoms with Crippen LogP contribution < -0.4 is 31.8 Å². The number of hydrogen-bond donors (Lipinski definition) is 1. The van der Waals surface area contributed by atoms with Gasteiger partial charge < -0.3 is 31.8 Å². The first-order valence-corrected chi connectivity index (χ1v) is 15.6. The Bertz CT molecular complexity index is 1090. The zero-order valence-corrected chi connectivity index (χ0v) is 27.3. The van der Waals surface area contributed by atoms with Gasteiger partial charge in [0.05, 0.1) is 31.0 Å². The fourth-order valence-electron chi connectivity index (χ4n) is 5.82. The van der Waals surface area contributed by atoms with Crippen LogP contribution in [0.5, 0.6) is 11.5 Å². The van der Waals surface area contributed by atoms with Crippen molar-refractivity contribution in [2.24, 2.45) is 0 Å². The predicted octanol–water partition coefficient (Wildman–Crippen LogP) is 6.07. The van der Waals surface area contributed by atoms with Crippen molar-refractivity contribution < 1.29 is 39.8 Å². The van der Waals surface area contributed by atoms with Gasteiger partial charge in [0.15, 0.2) is 23.8 Å². The number of benzene rings is 2. The molecule has 0 aliphatic carbocycles. The molecule has 1 aliphatic rings. The maximum Gasteiger partial charge on any atom is 0.184 e. The molecule has 0 spiro atoms. The summed E-state index contributed by atoms with van der Waals surface area (Å²) in [5.74, 6) is 0.445. The lowest BCUT2D eigenvalue weighted by atomic mass is 9.90. The van der Waals surface area contributed by atoms with E-state index in [1.807, 2.05) is 0 Å². The lowest BCUT2D eigenvalue weighted by Gasteiger charge is -2.25. The molecule has 230 valence electrons. The van der Waals surface area contributed by atoms with Gasteiger partial charge in [-0.3, -0.25) is 0 Å². The van der Waals surface area contributed by atoms with Crippen molar-refractivity contribution in [2.75, 3.05) is 32.6 Å². The Balaban J connectivity index is 0.00000588. The van der Waals surface area contributed by atoms with Crippen molar-refractivity contribution in [3.05, 3.63) is 52.6 Å². The normalized spacial score (nSPS) is 12.6. The summed E-state index contributed by atoms with van der Waals surface area (Å²) >= 11 is 0. The van der Waals surface area contributed by atoms with E-state index in [0.717, 1.165) is 61.4 Å². The van der Waals surface area contributed by atoms with Crippen molar-refractivity contribution in [3.8, 4) is 11.5 Å². The minimum Gasteiger partial charge on any atom is -1.00 e. The first kappa shape index (κ1) is 35.0. The van der Waals surface area contributed by atoms with E-state index in [2.05, 4.69) is 29.8 Å². The molecule has 41 heavy (non-hydrogen) atoms. The topological polar surface area (TPSA) is 33.5 Å². The van der Waals surface area contributed by atoms with Crippen LogP contribution in [0.1, 0.15) is 114 Å². The lowest BCUT2D eigenvalue weighted by Crippen LogP contribution is -3.00. The molecule has 4 nitrogen and oxygen atoms in total. The molecule has 2 aromatic rings. The van der Waals surface area contributed by atoms with Gasteiger partial charge in [-0.2, -0.15) is 0 Å². The van der Waals surface area contributed by atoms with Crippen molar-refractivity contribution in [1.29, 1.82) is 0 Å². The molecule has 0 saturated carbocycles. The van der Waals surface area contributed by atoms with E-state index in [1.54, 1.807) is 14.2 Å². The van der Waals surface area contributed by atoms with Gasteiger partial charge in [-0.05, 0) is 36.6 Å². The molecular formula is C34H51BrF2N2O2. The monoisotopic (exact) mass is 636 g/mol. The van der Waals surface area contributed by atoms with Crippen LogP contribution in [0, 0.1) is 11.6 Å². The second-order valence-corrected chi connectivity index (χ2v) is 11.0. The van der Waals surface area contributed by atoms with Crippen LogP contribution in [0.2, 0.25) is 0 Å². The highest BCUT2D eigenvalue weighted by atomic mass is 79.9. The second kappa shape index (κ2) is 19.1. The molecule has 3 rings (SSSR count). The van der Waals surface area contributed by atoms with Crippen molar-refractivity contribution in [2.45, 2.75) is 110 Å². The molecule has 1 aliphatic heterocycles. The summed E-state index contributed by atoms with van der Waals surface area (Å²) in [4.78, 5) is 0. The lowest BCUT2D eigenvalue weighted by molar-refractivity contribution is -0.546. The van der Waals surface area contributed by atoms with Crippen LogP contribution >= 0.6 is 0 Å². The number of hydrogen-bond acceptors (Lipinski definition) is 3. The minimum atomic E-state index is -0.488. The van der Waals surface area contributed by atoms with Crippen LogP contribution in [0.3, 0.4) is 0 Å². The van der Waals surface area contributed by atoms with Gasteiger partial charge in [0.1, 0.15) is 18.2 Å². The van der Waals surface area contributed by atoms with Gasteiger partial charge in [-0.1, -0.05) is 84.1 Å². The summed E-state index contributed by atoms with van der Waals surface area (Å²) in [6.45, 7) is 6.26. The van der Waals surface area contributed by atoms with E-state index >= 15 is 0 Å². The summed E-state index contributed by atoms with van der Waals surface area (Å²) in [6, 6.07) is 6.19. The van der Waals surface area contributed by atoms with Crippen LogP contribution in [-0.2, 0) is 13.0 Å². The smallest absolute Gasteiger partial charge is 0.184 e. The first-order valence-electron chi connectivity index (χ1n) is 15.6. The van der Waals surface area contributed by atoms with Gasteiger partial charge in [0.2, 0.25) is 0 Å². The maximum atomic E-state index is 14.7. The third-order valence-corrected chi connectivity index (χ3v) is 8.11. The molecule has 0 amide bonds. The fourth-order valence-corrected chi connectivity index (χ4v) is 5.82. The zero-order chi connectivity index (χ0) is 28.7.